The zero-order valence-corrected chi connectivity index (χ0v) is 15.9. The first-order chi connectivity index (χ1) is 12.7. The second-order valence-electron chi connectivity index (χ2n) is 6.33. The average Bonchev–Trinajstić information content (AvgIpc) is 2.69. The van der Waals surface area contributed by atoms with Crippen LogP contribution in [0.3, 0.4) is 0 Å². The van der Waals surface area contributed by atoms with Crippen LogP contribution in [0.4, 0.5) is 0 Å². The van der Waals surface area contributed by atoms with Gasteiger partial charge in [0.1, 0.15) is 6.29 Å². The smallest absolute Gasteiger partial charge is 0.147 e. The van der Waals surface area contributed by atoms with Gasteiger partial charge >= 0.3 is 0 Å². The Hall–Kier alpha value is -2.68. The molecule has 2 rings (SSSR count). The second kappa shape index (κ2) is 10.3. The highest BCUT2D eigenvalue weighted by Gasteiger charge is 2.17. The lowest BCUT2D eigenvalue weighted by atomic mass is 9.98. The van der Waals surface area contributed by atoms with E-state index >= 15 is 0 Å². The number of carbonyl (C=O) groups is 1. The molecule has 0 aliphatic rings. The number of nitrogens with zero attached hydrogens (tertiary/aromatic N) is 2. The molecule has 0 saturated carbocycles. The van der Waals surface area contributed by atoms with E-state index in [0.29, 0.717) is 0 Å². The highest BCUT2D eigenvalue weighted by Crippen LogP contribution is 2.26. The summed E-state index contributed by atoms with van der Waals surface area (Å²) < 4.78 is 0. The Balaban J connectivity index is 2.35. The Morgan fingerprint density at radius 2 is 1.54 bits per heavy atom. The van der Waals surface area contributed by atoms with Crippen LogP contribution in [0.2, 0.25) is 0 Å². The maximum Gasteiger partial charge on any atom is 0.147 e. The Bertz CT molecular complexity index is 696. The summed E-state index contributed by atoms with van der Waals surface area (Å²) in [5, 5.41) is 0. The summed E-state index contributed by atoms with van der Waals surface area (Å²) in [5.74, 6) is 0. The third-order valence-corrected chi connectivity index (χ3v) is 4.40. The van der Waals surface area contributed by atoms with Gasteiger partial charge in [0.25, 0.3) is 0 Å². The van der Waals surface area contributed by atoms with Crippen LogP contribution in [0.25, 0.3) is 0 Å². The van der Waals surface area contributed by atoms with E-state index in [1.165, 1.54) is 11.1 Å². The van der Waals surface area contributed by atoms with Crippen molar-refractivity contribution in [3.63, 3.8) is 0 Å². The summed E-state index contributed by atoms with van der Waals surface area (Å²) in [6, 6.07) is 20.9. The van der Waals surface area contributed by atoms with Gasteiger partial charge in [-0.15, -0.1) is 0 Å². The van der Waals surface area contributed by atoms with Crippen molar-refractivity contribution in [1.82, 2.24) is 4.90 Å². The molecule has 0 radical (unpaired) electrons. The number of aliphatic imine (C=N–C) groups is 1. The number of allylic oxidation sites excluding steroid dienone is 2. The van der Waals surface area contributed by atoms with Gasteiger partial charge in [-0.2, -0.15) is 0 Å². The first-order valence-corrected chi connectivity index (χ1v) is 9.24. The summed E-state index contributed by atoms with van der Waals surface area (Å²) in [4.78, 5) is 18.1. The Morgan fingerprint density at radius 3 is 1.96 bits per heavy atom. The molecule has 26 heavy (non-hydrogen) atoms. The van der Waals surface area contributed by atoms with Gasteiger partial charge < -0.3 is 4.90 Å². The minimum absolute atomic E-state index is 0.0742. The Kier molecular flexibility index (Phi) is 7.81. The van der Waals surface area contributed by atoms with Gasteiger partial charge in [0.05, 0.1) is 12.4 Å². The van der Waals surface area contributed by atoms with Gasteiger partial charge in [0, 0.05) is 18.3 Å². The van der Waals surface area contributed by atoms with Crippen molar-refractivity contribution in [3.8, 4) is 0 Å². The number of hydrogen-bond acceptors (Lipinski definition) is 2. The largest absolute Gasteiger partial charge is 0.355 e. The van der Waals surface area contributed by atoms with Gasteiger partial charge in [-0.3, -0.25) is 4.79 Å². The van der Waals surface area contributed by atoms with E-state index in [4.69, 9.17) is 0 Å². The predicted molar refractivity (Wildman–Crippen MR) is 109 cm³/mol. The second-order valence-corrected chi connectivity index (χ2v) is 6.33. The summed E-state index contributed by atoms with van der Waals surface area (Å²) in [6.45, 7) is 4.12. The highest BCUT2D eigenvalue weighted by atomic mass is 16.1. The standard InChI is InChI=1S/C23H28N2O/c1-4-12-21(17-26)22(5-2)24-18-25(3)23(19-13-8-6-9-14-19)20-15-10-7-11-16-20/h6-11,13-18,23H,4-5,12H2,1-3H3/b22-21-,24-18?. The van der Waals surface area contributed by atoms with Crippen LogP contribution in [-0.4, -0.2) is 24.6 Å². The molecule has 0 amide bonds. The molecule has 0 aliphatic heterocycles. The quantitative estimate of drug-likeness (QED) is 0.263. The SMILES string of the molecule is CCC/C(C=O)=C(\CC)N=CN(C)C(c1ccccc1)c1ccccc1. The molecule has 0 aliphatic carbocycles. The van der Waals surface area contributed by atoms with Crippen LogP contribution in [0, 0.1) is 0 Å². The van der Waals surface area contributed by atoms with Crippen LogP contribution in [0.1, 0.15) is 50.3 Å². The van der Waals surface area contributed by atoms with Gasteiger partial charge in [0.15, 0.2) is 0 Å². The first-order valence-electron chi connectivity index (χ1n) is 9.24. The third kappa shape index (κ3) is 5.16. The normalized spacial score (nSPS) is 12.3. The maximum absolute atomic E-state index is 11.4. The summed E-state index contributed by atoms with van der Waals surface area (Å²) in [5.41, 5.74) is 4.09. The van der Waals surface area contributed by atoms with Gasteiger partial charge in [-0.25, -0.2) is 4.99 Å². The zero-order valence-electron chi connectivity index (χ0n) is 15.9. The van der Waals surface area contributed by atoms with E-state index in [0.717, 1.165) is 36.8 Å². The molecule has 0 bridgehead atoms. The predicted octanol–water partition coefficient (Wildman–Crippen LogP) is 5.40. The van der Waals surface area contributed by atoms with Gasteiger partial charge in [0.2, 0.25) is 0 Å². The number of hydrogen-bond donors (Lipinski definition) is 0. The average molecular weight is 348 g/mol. The molecule has 0 atom stereocenters. The lowest BCUT2D eigenvalue weighted by Crippen LogP contribution is -2.24. The topological polar surface area (TPSA) is 32.7 Å². The molecule has 0 heterocycles. The third-order valence-electron chi connectivity index (χ3n) is 4.40. The monoisotopic (exact) mass is 348 g/mol. The van der Waals surface area contributed by atoms with E-state index in [9.17, 15) is 4.79 Å². The molecule has 2 aromatic rings. The molecule has 0 N–H and O–H groups in total. The van der Waals surface area contributed by atoms with Crippen molar-refractivity contribution in [1.29, 1.82) is 0 Å². The van der Waals surface area contributed by atoms with Crippen molar-refractivity contribution in [2.75, 3.05) is 7.05 Å². The molecular weight excluding hydrogens is 320 g/mol. The number of aldehydes is 1. The zero-order chi connectivity index (χ0) is 18.8. The lowest BCUT2D eigenvalue weighted by molar-refractivity contribution is -0.105. The highest BCUT2D eigenvalue weighted by molar-refractivity contribution is 5.75. The van der Waals surface area contributed by atoms with E-state index in [2.05, 4.69) is 65.3 Å². The van der Waals surface area contributed by atoms with Gasteiger partial charge in [-0.1, -0.05) is 80.9 Å². The molecule has 0 spiro atoms. The summed E-state index contributed by atoms with van der Waals surface area (Å²) in [7, 11) is 2.03. The fourth-order valence-electron chi connectivity index (χ4n) is 3.10. The van der Waals surface area contributed by atoms with Crippen molar-refractivity contribution in [2.45, 2.75) is 39.2 Å². The van der Waals surface area contributed by atoms with E-state index in [1.807, 2.05) is 32.4 Å². The number of benzene rings is 2. The van der Waals surface area contributed by atoms with E-state index < -0.39 is 0 Å². The van der Waals surface area contributed by atoms with Crippen LogP contribution < -0.4 is 0 Å². The van der Waals surface area contributed by atoms with Crippen molar-refractivity contribution >= 4 is 12.6 Å². The van der Waals surface area contributed by atoms with E-state index in [-0.39, 0.29) is 6.04 Å². The molecule has 136 valence electrons. The minimum Gasteiger partial charge on any atom is -0.355 e. The fraction of sp³-hybridized carbons (Fsp3) is 0.304. The van der Waals surface area contributed by atoms with Crippen molar-refractivity contribution in [3.05, 3.63) is 83.1 Å². The van der Waals surface area contributed by atoms with E-state index in [1.54, 1.807) is 0 Å². The number of carbonyl (C=O) groups excluding carboxylic acids is 1. The lowest BCUT2D eigenvalue weighted by Gasteiger charge is -2.27. The Morgan fingerprint density at radius 1 is 1.00 bits per heavy atom. The van der Waals surface area contributed by atoms with Crippen LogP contribution in [-0.2, 0) is 4.79 Å². The minimum atomic E-state index is 0.0742. The number of rotatable bonds is 9. The maximum atomic E-state index is 11.4. The molecule has 3 heteroatoms. The van der Waals surface area contributed by atoms with Crippen LogP contribution in [0.5, 0.6) is 0 Å². The van der Waals surface area contributed by atoms with Crippen molar-refractivity contribution < 1.29 is 4.79 Å². The fourth-order valence-corrected chi connectivity index (χ4v) is 3.10. The molecular formula is C23H28N2O. The molecule has 3 nitrogen and oxygen atoms in total. The Labute approximate surface area is 157 Å². The van der Waals surface area contributed by atoms with Crippen molar-refractivity contribution in [2.24, 2.45) is 4.99 Å². The summed E-state index contributed by atoms with van der Waals surface area (Å²) in [6.07, 6.45) is 5.27. The molecule has 0 unspecified atom stereocenters. The van der Waals surface area contributed by atoms with Gasteiger partial charge in [-0.05, 0) is 24.0 Å². The van der Waals surface area contributed by atoms with Crippen LogP contribution in [0.15, 0.2) is 76.9 Å². The molecule has 0 fully saturated rings. The van der Waals surface area contributed by atoms with Crippen LogP contribution >= 0.6 is 0 Å². The molecule has 2 aromatic carbocycles. The molecule has 0 aromatic heterocycles. The molecule has 0 saturated heterocycles. The first kappa shape index (κ1) is 19.6. The summed E-state index contributed by atoms with van der Waals surface area (Å²) >= 11 is 0.